The highest BCUT2D eigenvalue weighted by Crippen LogP contribution is 2.38. The lowest BCUT2D eigenvalue weighted by Gasteiger charge is -2.31. The number of ether oxygens (including phenoxy) is 1. The van der Waals surface area contributed by atoms with E-state index in [9.17, 15) is 4.79 Å². The van der Waals surface area contributed by atoms with Gasteiger partial charge in [0.25, 0.3) is 0 Å². The van der Waals surface area contributed by atoms with Crippen molar-refractivity contribution in [3.63, 3.8) is 0 Å². The standard InChI is InChI=1S/C22H35N5O2.HI/c1-23-21(25-17-22(10-4-5-11-22)20(28)26(2)3)24-16-18-6-8-19(9-7-18)27-12-14-29-15-13-27;/h6-9H,4-5,10-17H2,1-3H3,(H2,23,24,25);1H. The predicted molar refractivity (Wildman–Crippen MR) is 133 cm³/mol. The van der Waals surface area contributed by atoms with E-state index in [0.717, 1.165) is 57.9 Å². The topological polar surface area (TPSA) is 69.2 Å². The number of nitrogens with zero attached hydrogens (tertiary/aromatic N) is 3. The largest absolute Gasteiger partial charge is 0.378 e. The zero-order valence-corrected chi connectivity index (χ0v) is 20.8. The monoisotopic (exact) mass is 529 g/mol. The Balaban J connectivity index is 0.00000320. The van der Waals surface area contributed by atoms with Gasteiger partial charge in [-0.25, -0.2) is 0 Å². The number of halogens is 1. The van der Waals surface area contributed by atoms with E-state index in [2.05, 4.69) is 44.8 Å². The van der Waals surface area contributed by atoms with Crippen LogP contribution in [0, 0.1) is 5.41 Å². The van der Waals surface area contributed by atoms with Crippen LogP contribution < -0.4 is 15.5 Å². The number of carbonyl (C=O) groups excluding carboxylic acids is 1. The molecular formula is C22H36IN5O2. The normalized spacial score (nSPS) is 18.5. The molecule has 7 nitrogen and oxygen atoms in total. The van der Waals surface area contributed by atoms with E-state index < -0.39 is 0 Å². The van der Waals surface area contributed by atoms with Crippen molar-refractivity contribution in [3.05, 3.63) is 29.8 Å². The van der Waals surface area contributed by atoms with Crippen molar-refractivity contribution >= 4 is 41.5 Å². The van der Waals surface area contributed by atoms with Gasteiger partial charge in [-0.2, -0.15) is 0 Å². The van der Waals surface area contributed by atoms with Crippen molar-refractivity contribution in [2.45, 2.75) is 32.2 Å². The lowest BCUT2D eigenvalue weighted by Crippen LogP contribution is -2.49. The predicted octanol–water partition coefficient (Wildman–Crippen LogP) is 2.45. The summed E-state index contributed by atoms with van der Waals surface area (Å²) in [5.74, 6) is 0.955. The molecule has 2 aliphatic rings. The lowest BCUT2D eigenvalue weighted by molar-refractivity contribution is -0.138. The molecule has 0 unspecified atom stereocenters. The van der Waals surface area contributed by atoms with Gasteiger partial charge < -0.3 is 25.2 Å². The molecule has 1 saturated carbocycles. The molecule has 1 saturated heterocycles. The van der Waals surface area contributed by atoms with Crippen molar-refractivity contribution in [1.82, 2.24) is 15.5 Å². The van der Waals surface area contributed by atoms with E-state index >= 15 is 0 Å². The van der Waals surface area contributed by atoms with Crippen LogP contribution in [0.25, 0.3) is 0 Å². The minimum atomic E-state index is -0.305. The summed E-state index contributed by atoms with van der Waals surface area (Å²) >= 11 is 0. The second-order valence-corrected chi connectivity index (χ2v) is 8.23. The molecule has 30 heavy (non-hydrogen) atoms. The first kappa shape index (κ1) is 24.7. The smallest absolute Gasteiger partial charge is 0.230 e. The quantitative estimate of drug-likeness (QED) is 0.337. The van der Waals surface area contributed by atoms with Crippen molar-refractivity contribution in [2.24, 2.45) is 10.4 Å². The van der Waals surface area contributed by atoms with Gasteiger partial charge in [-0.05, 0) is 30.5 Å². The third-order valence-electron chi connectivity index (χ3n) is 6.01. The number of anilines is 1. The van der Waals surface area contributed by atoms with Crippen LogP contribution in [0.1, 0.15) is 31.2 Å². The van der Waals surface area contributed by atoms with E-state index in [1.54, 1.807) is 11.9 Å². The number of carbonyl (C=O) groups is 1. The van der Waals surface area contributed by atoms with Gasteiger partial charge in [-0.1, -0.05) is 25.0 Å². The highest BCUT2D eigenvalue weighted by molar-refractivity contribution is 14.0. The fraction of sp³-hybridized carbons (Fsp3) is 0.636. The molecule has 0 radical (unpaired) electrons. The first-order chi connectivity index (χ1) is 14.0. The summed E-state index contributed by atoms with van der Waals surface area (Å²) in [4.78, 5) is 21.1. The second kappa shape index (κ2) is 11.7. The van der Waals surface area contributed by atoms with Gasteiger partial charge in [0.2, 0.25) is 5.91 Å². The van der Waals surface area contributed by atoms with Crippen LogP contribution in [0.2, 0.25) is 0 Å². The maximum absolute atomic E-state index is 12.7. The van der Waals surface area contributed by atoms with Gasteiger partial charge in [-0.15, -0.1) is 24.0 Å². The average Bonchev–Trinajstić information content (AvgIpc) is 3.24. The van der Waals surface area contributed by atoms with Gasteiger partial charge >= 0.3 is 0 Å². The van der Waals surface area contributed by atoms with E-state index in [1.165, 1.54) is 11.3 Å². The van der Waals surface area contributed by atoms with Crippen LogP contribution in [-0.2, 0) is 16.1 Å². The molecule has 1 amide bonds. The number of hydrogen-bond acceptors (Lipinski definition) is 4. The Hall–Kier alpha value is -1.55. The molecule has 8 heteroatoms. The van der Waals surface area contributed by atoms with Gasteiger partial charge in [0.15, 0.2) is 5.96 Å². The van der Waals surface area contributed by atoms with Gasteiger partial charge in [0.1, 0.15) is 0 Å². The molecule has 1 aromatic rings. The molecule has 0 aromatic heterocycles. The highest BCUT2D eigenvalue weighted by atomic mass is 127. The molecule has 1 aliphatic carbocycles. The van der Waals surface area contributed by atoms with E-state index in [-0.39, 0.29) is 35.3 Å². The molecule has 2 fully saturated rings. The SMILES string of the molecule is CN=C(NCc1ccc(N2CCOCC2)cc1)NCC1(C(=O)N(C)C)CCCC1.I. The molecule has 1 aromatic carbocycles. The van der Waals surface area contributed by atoms with E-state index in [1.807, 2.05) is 14.1 Å². The molecule has 0 spiro atoms. The number of benzene rings is 1. The zero-order chi connectivity index (χ0) is 20.7. The summed E-state index contributed by atoms with van der Waals surface area (Å²) in [6.45, 7) is 4.80. The Labute approximate surface area is 197 Å². The van der Waals surface area contributed by atoms with Gasteiger partial charge in [0.05, 0.1) is 18.6 Å². The van der Waals surface area contributed by atoms with Gasteiger partial charge in [-0.3, -0.25) is 9.79 Å². The van der Waals surface area contributed by atoms with Crippen LogP contribution in [0.4, 0.5) is 5.69 Å². The fourth-order valence-corrected chi connectivity index (χ4v) is 4.30. The van der Waals surface area contributed by atoms with E-state index in [4.69, 9.17) is 4.74 Å². The number of rotatable bonds is 6. The van der Waals surface area contributed by atoms with Crippen LogP contribution >= 0.6 is 24.0 Å². The van der Waals surface area contributed by atoms with E-state index in [0.29, 0.717) is 13.1 Å². The second-order valence-electron chi connectivity index (χ2n) is 8.23. The Bertz CT molecular complexity index is 696. The summed E-state index contributed by atoms with van der Waals surface area (Å²) in [6.07, 6.45) is 4.11. The highest BCUT2D eigenvalue weighted by Gasteiger charge is 2.42. The Kier molecular flexibility index (Phi) is 9.67. The maximum atomic E-state index is 12.7. The Morgan fingerprint density at radius 2 is 1.77 bits per heavy atom. The van der Waals surface area contributed by atoms with Crippen LogP contribution in [0.5, 0.6) is 0 Å². The Morgan fingerprint density at radius 3 is 2.33 bits per heavy atom. The molecule has 2 N–H and O–H groups in total. The summed E-state index contributed by atoms with van der Waals surface area (Å²) < 4.78 is 5.42. The summed E-state index contributed by atoms with van der Waals surface area (Å²) in [7, 11) is 5.46. The zero-order valence-electron chi connectivity index (χ0n) is 18.4. The number of guanidine groups is 1. The van der Waals surface area contributed by atoms with Gasteiger partial charge in [0, 0.05) is 53.0 Å². The van der Waals surface area contributed by atoms with Crippen molar-refractivity contribution in [1.29, 1.82) is 0 Å². The fourth-order valence-electron chi connectivity index (χ4n) is 4.30. The third kappa shape index (κ3) is 6.23. The van der Waals surface area contributed by atoms with Crippen LogP contribution in [0.15, 0.2) is 29.3 Å². The number of nitrogens with one attached hydrogen (secondary N) is 2. The van der Waals surface area contributed by atoms with Crippen molar-refractivity contribution in [2.75, 3.05) is 58.9 Å². The first-order valence-electron chi connectivity index (χ1n) is 10.6. The summed E-state index contributed by atoms with van der Waals surface area (Å²) in [5.41, 5.74) is 2.14. The molecule has 1 heterocycles. The molecule has 168 valence electrons. The summed E-state index contributed by atoms with van der Waals surface area (Å²) in [6, 6.07) is 8.64. The first-order valence-corrected chi connectivity index (χ1v) is 10.6. The van der Waals surface area contributed by atoms with Crippen molar-refractivity contribution in [3.8, 4) is 0 Å². The lowest BCUT2D eigenvalue weighted by atomic mass is 9.84. The molecule has 1 aliphatic heterocycles. The van der Waals surface area contributed by atoms with Crippen LogP contribution in [0.3, 0.4) is 0 Å². The third-order valence-corrected chi connectivity index (χ3v) is 6.01. The molecule has 0 bridgehead atoms. The molecule has 0 atom stereocenters. The summed E-state index contributed by atoms with van der Waals surface area (Å²) in [5, 5.41) is 6.77. The minimum absolute atomic E-state index is 0. The minimum Gasteiger partial charge on any atom is -0.378 e. The molecular weight excluding hydrogens is 493 g/mol. The number of hydrogen-bond donors (Lipinski definition) is 2. The maximum Gasteiger partial charge on any atom is 0.230 e. The van der Waals surface area contributed by atoms with Crippen LogP contribution in [-0.4, -0.2) is 70.8 Å². The number of aliphatic imine (C=N–C) groups is 1. The average molecular weight is 529 g/mol. The molecule has 3 rings (SSSR count). The Morgan fingerprint density at radius 1 is 1.13 bits per heavy atom. The number of morpholine rings is 1. The van der Waals surface area contributed by atoms with Crippen molar-refractivity contribution < 1.29 is 9.53 Å². The number of amides is 1.